The van der Waals surface area contributed by atoms with Crippen molar-refractivity contribution in [3.8, 4) is 5.75 Å². The van der Waals surface area contributed by atoms with Gasteiger partial charge in [0.2, 0.25) is 0 Å². The minimum atomic E-state index is -0.0841. The molecule has 0 unspecified atom stereocenters. The minimum Gasteiger partial charge on any atom is -0.491 e. The molecule has 1 aliphatic rings. The molecule has 1 aliphatic carbocycles. The largest absolute Gasteiger partial charge is 0.491 e. The summed E-state index contributed by atoms with van der Waals surface area (Å²) >= 11 is 0. The Bertz CT molecular complexity index is 359. The monoisotopic (exact) mass is 250 g/mol. The van der Waals surface area contributed by atoms with Crippen LogP contribution in [-0.2, 0) is 14.3 Å². The summed E-state index contributed by atoms with van der Waals surface area (Å²) in [4.78, 5) is 11.2. The van der Waals surface area contributed by atoms with Crippen molar-refractivity contribution in [2.45, 2.75) is 12.8 Å². The van der Waals surface area contributed by atoms with E-state index in [2.05, 4.69) is 0 Å². The van der Waals surface area contributed by atoms with Gasteiger partial charge in [-0.1, -0.05) is 18.2 Å². The first-order valence-electron chi connectivity index (χ1n) is 6.28. The van der Waals surface area contributed by atoms with Crippen molar-refractivity contribution >= 4 is 5.97 Å². The van der Waals surface area contributed by atoms with Crippen LogP contribution >= 0.6 is 0 Å². The summed E-state index contributed by atoms with van der Waals surface area (Å²) in [5, 5.41) is 0. The molecule has 4 heteroatoms. The van der Waals surface area contributed by atoms with Gasteiger partial charge in [-0.2, -0.15) is 0 Å². The van der Waals surface area contributed by atoms with E-state index >= 15 is 0 Å². The fourth-order valence-electron chi connectivity index (χ4n) is 1.48. The maximum Gasteiger partial charge on any atom is 0.309 e. The summed E-state index contributed by atoms with van der Waals surface area (Å²) in [5.41, 5.74) is 0. The molecule has 0 aromatic heterocycles. The molecule has 0 aliphatic heterocycles. The maximum atomic E-state index is 11.2. The van der Waals surface area contributed by atoms with E-state index in [1.165, 1.54) is 0 Å². The number of benzene rings is 1. The van der Waals surface area contributed by atoms with Gasteiger partial charge in [-0.25, -0.2) is 0 Å². The number of rotatable bonds is 8. The number of carbonyl (C=O) groups is 1. The molecule has 0 spiro atoms. The summed E-state index contributed by atoms with van der Waals surface area (Å²) in [7, 11) is 0. The molecule has 0 saturated heterocycles. The van der Waals surface area contributed by atoms with Gasteiger partial charge in [0, 0.05) is 0 Å². The molecule has 0 radical (unpaired) electrons. The number of hydrogen-bond acceptors (Lipinski definition) is 4. The van der Waals surface area contributed by atoms with Gasteiger partial charge in [0.05, 0.1) is 19.1 Å². The molecule has 0 bridgehead atoms. The Labute approximate surface area is 107 Å². The van der Waals surface area contributed by atoms with Crippen molar-refractivity contribution < 1.29 is 19.0 Å². The summed E-state index contributed by atoms with van der Waals surface area (Å²) < 4.78 is 15.8. The number of esters is 1. The highest BCUT2D eigenvalue weighted by molar-refractivity contribution is 5.74. The van der Waals surface area contributed by atoms with E-state index in [0.29, 0.717) is 26.4 Å². The van der Waals surface area contributed by atoms with Crippen LogP contribution in [0.3, 0.4) is 0 Å². The fraction of sp³-hybridized carbons (Fsp3) is 0.500. The summed E-state index contributed by atoms with van der Waals surface area (Å²) in [6, 6.07) is 9.59. The van der Waals surface area contributed by atoms with E-state index < -0.39 is 0 Å². The molecular weight excluding hydrogens is 232 g/mol. The lowest BCUT2D eigenvalue weighted by molar-refractivity contribution is -0.146. The average Bonchev–Trinajstić information content (AvgIpc) is 3.23. The molecule has 18 heavy (non-hydrogen) atoms. The Balaban J connectivity index is 1.43. The van der Waals surface area contributed by atoms with Gasteiger partial charge in [0.1, 0.15) is 19.0 Å². The Kier molecular flexibility index (Phi) is 5.02. The third-order valence-corrected chi connectivity index (χ3v) is 2.62. The standard InChI is InChI=1S/C14H18O4/c15-14(12-6-7-12)18-11-9-16-8-10-17-13-4-2-1-3-5-13/h1-5,12H,6-11H2. The van der Waals surface area contributed by atoms with Crippen LogP contribution in [0.15, 0.2) is 30.3 Å². The highest BCUT2D eigenvalue weighted by Gasteiger charge is 2.30. The van der Waals surface area contributed by atoms with E-state index in [4.69, 9.17) is 14.2 Å². The quantitative estimate of drug-likeness (QED) is 0.523. The zero-order chi connectivity index (χ0) is 12.6. The van der Waals surface area contributed by atoms with Gasteiger partial charge in [-0.05, 0) is 25.0 Å². The third kappa shape index (κ3) is 4.75. The Morgan fingerprint density at radius 2 is 1.78 bits per heavy atom. The van der Waals surface area contributed by atoms with Gasteiger partial charge in [0.25, 0.3) is 0 Å². The van der Waals surface area contributed by atoms with Gasteiger partial charge >= 0.3 is 5.97 Å². The number of ether oxygens (including phenoxy) is 3. The minimum absolute atomic E-state index is 0.0841. The first kappa shape index (κ1) is 12.9. The predicted molar refractivity (Wildman–Crippen MR) is 66.4 cm³/mol. The lowest BCUT2D eigenvalue weighted by atomic mass is 10.3. The van der Waals surface area contributed by atoms with Crippen LogP contribution in [0.5, 0.6) is 5.75 Å². The second kappa shape index (κ2) is 7.01. The van der Waals surface area contributed by atoms with Crippen LogP contribution in [0.25, 0.3) is 0 Å². The first-order chi connectivity index (χ1) is 8.86. The molecule has 2 rings (SSSR count). The van der Waals surface area contributed by atoms with Crippen LogP contribution in [0.4, 0.5) is 0 Å². The van der Waals surface area contributed by atoms with Crippen molar-refractivity contribution in [1.82, 2.24) is 0 Å². The average molecular weight is 250 g/mol. The van der Waals surface area contributed by atoms with E-state index in [0.717, 1.165) is 18.6 Å². The van der Waals surface area contributed by atoms with Gasteiger partial charge < -0.3 is 14.2 Å². The molecule has 0 atom stereocenters. The lowest BCUT2D eigenvalue weighted by Gasteiger charge is -2.07. The normalized spacial score (nSPS) is 14.2. The lowest BCUT2D eigenvalue weighted by Crippen LogP contribution is -2.14. The summed E-state index contributed by atoms with van der Waals surface area (Å²) in [6.45, 7) is 1.76. The third-order valence-electron chi connectivity index (χ3n) is 2.62. The molecule has 1 fully saturated rings. The zero-order valence-electron chi connectivity index (χ0n) is 10.3. The number of hydrogen-bond donors (Lipinski definition) is 0. The zero-order valence-corrected chi connectivity index (χ0v) is 10.3. The van der Waals surface area contributed by atoms with E-state index in [1.807, 2.05) is 30.3 Å². The highest BCUT2D eigenvalue weighted by atomic mass is 16.6. The molecule has 1 saturated carbocycles. The van der Waals surface area contributed by atoms with Crippen LogP contribution in [0.1, 0.15) is 12.8 Å². The molecular formula is C14H18O4. The van der Waals surface area contributed by atoms with Gasteiger partial charge in [-0.3, -0.25) is 4.79 Å². The fourth-order valence-corrected chi connectivity index (χ4v) is 1.48. The van der Waals surface area contributed by atoms with E-state index in [1.54, 1.807) is 0 Å². The predicted octanol–water partition coefficient (Wildman–Crippen LogP) is 2.04. The second-order valence-electron chi connectivity index (χ2n) is 4.22. The molecule has 1 aromatic carbocycles. The van der Waals surface area contributed by atoms with Crippen molar-refractivity contribution in [2.24, 2.45) is 5.92 Å². The van der Waals surface area contributed by atoms with Crippen molar-refractivity contribution in [2.75, 3.05) is 26.4 Å². The number of carbonyl (C=O) groups excluding carboxylic acids is 1. The van der Waals surface area contributed by atoms with Crippen LogP contribution in [-0.4, -0.2) is 32.4 Å². The topological polar surface area (TPSA) is 44.8 Å². The molecule has 4 nitrogen and oxygen atoms in total. The van der Waals surface area contributed by atoms with Crippen molar-refractivity contribution in [3.63, 3.8) is 0 Å². The molecule has 98 valence electrons. The second-order valence-corrected chi connectivity index (χ2v) is 4.22. The Morgan fingerprint density at radius 3 is 2.50 bits per heavy atom. The molecule has 0 N–H and O–H groups in total. The molecule has 1 aromatic rings. The van der Waals surface area contributed by atoms with Gasteiger partial charge in [-0.15, -0.1) is 0 Å². The summed E-state index contributed by atoms with van der Waals surface area (Å²) in [6.07, 6.45) is 1.95. The van der Waals surface area contributed by atoms with Crippen LogP contribution in [0, 0.1) is 5.92 Å². The van der Waals surface area contributed by atoms with Crippen LogP contribution < -0.4 is 4.74 Å². The van der Waals surface area contributed by atoms with Gasteiger partial charge in [0.15, 0.2) is 0 Å². The van der Waals surface area contributed by atoms with Crippen molar-refractivity contribution in [3.05, 3.63) is 30.3 Å². The molecule has 0 heterocycles. The Morgan fingerprint density at radius 1 is 1.06 bits per heavy atom. The maximum absolute atomic E-state index is 11.2. The Hall–Kier alpha value is -1.55. The SMILES string of the molecule is O=C(OCCOCCOc1ccccc1)C1CC1. The van der Waals surface area contributed by atoms with E-state index in [-0.39, 0.29) is 11.9 Å². The first-order valence-corrected chi connectivity index (χ1v) is 6.28. The van der Waals surface area contributed by atoms with E-state index in [9.17, 15) is 4.79 Å². The van der Waals surface area contributed by atoms with Crippen LogP contribution in [0.2, 0.25) is 0 Å². The highest BCUT2D eigenvalue weighted by Crippen LogP contribution is 2.29. The smallest absolute Gasteiger partial charge is 0.309 e. The summed E-state index contributed by atoms with van der Waals surface area (Å²) in [5.74, 6) is 0.909. The number of para-hydroxylation sites is 1. The van der Waals surface area contributed by atoms with Crippen molar-refractivity contribution in [1.29, 1.82) is 0 Å². The molecule has 0 amide bonds.